The molecule has 0 unspecified atom stereocenters. The Balaban J connectivity index is 4.24. The molecule has 0 aromatic heterocycles. The van der Waals surface area contributed by atoms with Gasteiger partial charge in [0.15, 0.2) is 0 Å². The zero-order valence-corrected chi connectivity index (χ0v) is 8.57. The fraction of sp³-hybridized carbons (Fsp3) is 0.750. The highest BCUT2D eigenvalue weighted by atomic mass is 16.7. The summed E-state index contributed by atoms with van der Waals surface area (Å²) >= 11 is 0. The molecule has 5 heteroatoms. The van der Waals surface area contributed by atoms with Crippen LogP contribution in [0.15, 0.2) is 12.8 Å². The third-order valence-electron chi connectivity index (χ3n) is 2.08. The summed E-state index contributed by atoms with van der Waals surface area (Å²) in [6.07, 6.45) is 1.07. The highest BCUT2D eigenvalue weighted by molar-refractivity contribution is 6.35. The lowest BCUT2D eigenvalue weighted by atomic mass is 9.88. The van der Waals surface area contributed by atoms with Crippen molar-refractivity contribution in [3.8, 4) is 0 Å². The summed E-state index contributed by atoms with van der Waals surface area (Å²) < 4.78 is 9.61. The fourth-order valence-corrected chi connectivity index (χ4v) is 0.506. The molecule has 4 nitrogen and oxygen atoms in total. The molecule has 0 rings (SSSR count). The highest BCUT2D eigenvalue weighted by Gasteiger charge is 2.40. The molecule has 13 heavy (non-hydrogen) atoms. The lowest BCUT2D eigenvalue weighted by molar-refractivity contribution is -0.109. The molecule has 0 saturated carbocycles. The van der Waals surface area contributed by atoms with Crippen molar-refractivity contribution in [1.29, 1.82) is 0 Å². The number of rotatable bonds is 5. The molecule has 0 saturated heterocycles. The van der Waals surface area contributed by atoms with Gasteiger partial charge in [0.2, 0.25) is 0 Å². The summed E-state index contributed by atoms with van der Waals surface area (Å²) in [5, 5.41) is 18.8. The lowest BCUT2D eigenvalue weighted by Gasteiger charge is -2.37. The second kappa shape index (κ2) is 4.13. The molecule has 0 amide bonds. The Morgan fingerprint density at radius 1 is 1.31 bits per heavy atom. The van der Waals surface area contributed by atoms with Gasteiger partial charge in [-0.25, -0.2) is 0 Å². The SMILES string of the molecule is C=COB(O)OC(C)(C)C(C)(C)O. The van der Waals surface area contributed by atoms with Crippen molar-refractivity contribution >= 4 is 7.32 Å². The Hall–Kier alpha value is -0.515. The van der Waals surface area contributed by atoms with Crippen LogP contribution >= 0.6 is 0 Å². The van der Waals surface area contributed by atoms with Crippen LogP contribution in [0.5, 0.6) is 0 Å². The molecule has 0 fully saturated rings. The van der Waals surface area contributed by atoms with Gasteiger partial charge >= 0.3 is 7.32 Å². The molecule has 0 aliphatic rings. The van der Waals surface area contributed by atoms with Gasteiger partial charge in [0.25, 0.3) is 0 Å². The Morgan fingerprint density at radius 2 is 1.77 bits per heavy atom. The van der Waals surface area contributed by atoms with Gasteiger partial charge in [-0.15, -0.1) is 0 Å². The maximum absolute atomic E-state index is 9.65. The van der Waals surface area contributed by atoms with Crippen LogP contribution in [0.4, 0.5) is 0 Å². The molecule has 0 bridgehead atoms. The van der Waals surface area contributed by atoms with Crippen molar-refractivity contribution in [3.05, 3.63) is 12.8 Å². The highest BCUT2D eigenvalue weighted by Crippen LogP contribution is 2.25. The second-order valence-corrected chi connectivity index (χ2v) is 3.80. The Morgan fingerprint density at radius 3 is 2.08 bits per heavy atom. The summed E-state index contributed by atoms with van der Waals surface area (Å²) in [7, 11) is -1.40. The molecule has 0 atom stereocenters. The normalized spacial score (nSPS) is 12.5. The maximum atomic E-state index is 9.65. The molecular weight excluding hydrogens is 171 g/mol. The maximum Gasteiger partial charge on any atom is 0.710 e. The van der Waals surface area contributed by atoms with Crippen LogP contribution in [0.3, 0.4) is 0 Å². The van der Waals surface area contributed by atoms with E-state index in [0.717, 1.165) is 6.26 Å². The predicted octanol–water partition coefficient (Wildman–Crippen LogP) is 0.690. The van der Waals surface area contributed by atoms with Crippen LogP contribution in [0.25, 0.3) is 0 Å². The molecule has 0 radical (unpaired) electrons. The van der Waals surface area contributed by atoms with Crippen molar-refractivity contribution in [1.82, 2.24) is 0 Å². The summed E-state index contributed by atoms with van der Waals surface area (Å²) in [4.78, 5) is 0. The van der Waals surface area contributed by atoms with Gasteiger partial charge < -0.3 is 19.4 Å². The van der Waals surface area contributed by atoms with Crippen molar-refractivity contribution in [2.45, 2.75) is 38.9 Å². The summed E-state index contributed by atoms with van der Waals surface area (Å²) in [6.45, 7) is 9.76. The summed E-state index contributed by atoms with van der Waals surface area (Å²) in [5.41, 5.74) is -1.98. The average molecular weight is 188 g/mol. The number of hydrogen-bond acceptors (Lipinski definition) is 4. The van der Waals surface area contributed by atoms with E-state index in [1.54, 1.807) is 27.7 Å². The first kappa shape index (κ1) is 12.5. The Labute approximate surface area is 79.3 Å². The van der Waals surface area contributed by atoms with Gasteiger partial charge in [0, 0.05) is 0 Å². The summed E-state index contributed by atoms with van der Waals surface area (Å²) in [5.74, 6) is 0. The quantitative estimate of drug-likeness (QED) is 0.492. The zero-order valence-electron chi connectivity index (χ0n) is 8.57. The average Bonchev–Trinajstić information content (AvgIpc) is 1.83. The zero-order chi connectivity index (χ0) is 10.7. The number of aliphatic hydroxyl groups is 1. The van der Waals surface area contributed by atoms with Crippen molar-refractivity contribution in [3.63, 3.8) is 0 Å². The first-order valence-corrected chi connectivity index (χ1v) is 4.05. The lowest BCUT2D eigenvalue weighted by Crippen LogP contribution is -2.50. The molecule has 0 aliphatic carbocycles. The van der Waals surface area contributed by atoms with Crippen LogP contribution in [0.2, 0.25) is 0 Å². The van der Waals surface area contributed by atoms with Crippen LogP contribution in [-0.4, -0.2) is 28.7 Å². The minimum Gasteiger partial charge on any atom is -0.519 e. The van der Waals surface area contributed by atoms with Gasteiger partial charge in [0.05, 0.1) is 17.5 Å². The Kier molecular flexibility index (Phi) is 3.97. The van der Waals surface area contributed by atoms with Gasteiger partial charge in [-0.2, -0.15) is 0 Å². The van der Waals surface area contributed by atoms with E-state index in [4.69, 9.17) is 9.68 Å². The third-order valence-corrected chi connectivity index (χ3v) is 2.08. The van der Waals surface area contributed by atoms with E-state index in [1.165, 1.54) is 0 Å². The predicted molar refractivity (Wildman–Crippen MR) is 50.7 cm³/mol. The smallest absolute Gasteiger partial charge is 0.519 e. The molecule has 2 N–H and O–H groups in total. The van der Waals surface area contributed by atoms with E-state index in [2.05, 4.69) is 11.2 Å². The van der Waals surface area contributed by atoms with E-state index in [0.29, 0.717) is 0 Å². The van der Waals surface area contributed by atoms with Crippen molar-refractivity contribution < 1.29 is 19.4 Å². The van der Waals surface area contributed by atoms with Gasteiger partial charge in [0.1, 0.15) is 0 Å². The monoisotopic (exact) mass is 188 g/mol. The minimum absolute atomic E-state index is 0.907. The van der Waals surface area contributed by atoms with Gasteiger partial charge in [-0.3, -0.25) is 0 Å². The van der Waals surface area contributed by atoms with E-state index >= 15 is 0 Å². The van der Waals surface area contributed by atoms with Crippen LogP contribution in [0.1, 0.15) is 27.7 Å². The van der Waals surface area contributed by atoms with E-state index in [9.17, 15) is 5.11 Å². The molecule has 76 valence electrons. The van der Waals surface area contributed by atoms with Crippen LogP contribution < -0.4 is 0 Å². The third kappa shape index (κ3) is 3.80. The second-order valence-electron chi connectivity index (χ2n) is 3.80. The first-order valence-electron chi connectivity index (χ1n) is 4.05. The van der Waals surface area contributed by atoms with Gasteiger partial charge in [-0.1, -0.05) is 6.58 Å². The summed E-state index contributed by atoms with van der Waals surface area (Å²) in [6, 6.07) is 0. The van der Waals surface area contributed by atoms with Crippen LogP contribution in [0, 0.1) is 0 Å². The first-order chi connectivity index (χ1) is 5.70. The molecule has 0 aromatic carbocycles. The van der Waals surface area contributed by atoms with Gasteiger partial charge in [-0.05, 0) is 27.7 Å². The molecule has 0 aromatic rings. The largest absolute Gasteiger partial charge is 0.710 e. The minimum atomic E-state index is -1.40. The van der Waals surface area contributed by atoms with E-state index in [-0.39, 0.29) is 0 Å². The molecule has 0 aliphatic heterocycles. The van der Waals surface area contributed by atoms with Crippen molar-refractivity contribution in [2.24, 2.45) is 0 Å². The molecular formula is C8H17BO4. The Bertz CT molecular complexity index is 173. The number of hydrogen-bond donors (Lipinski definition) is 2. The van der Waals surface area contributed by atoms with E-state index < -0.39 is 18.5 Å². The van der Waals surface area contributed by atoms with Crippen molar-refractivity contribution in [2.75, 3.05) is 0 Å². The van der Waals surface area contributed by atoms with E-state index in [1.807, 2.05) is 0 Å². The fourth-order valence-electron chi connectivity index (χ4n) is 0.506. The standard InChI is InChI=1S/C8H17BO4/c1-6-12-9(11)13-8(4,5)7(2,3)10/h6,10-11H,1H2,2-5H3. The topological polar surface area (TPSA) is 58.9 Å². The molecule has 0 heterocycles. The van der Waals surface area contributed by atoms with Crippen LogP contribution in [-0.2, 0) is 9.31 Å². The molecule has 0 spiro atoms.